The fraction of sp³-hybridized carbons (Fsp3) is 0.650. The van der Waals surface area contributed by atoms with Crippen LogP contribution in [0.2, 0.25) is 0 Å². The quantitative estimate of drug-likeness (QED) is 0.655. The molecule has 0 radical (unpaired) electrons. The molecule has 1 aromatic rings. The van der Waals surface area contributed by atoms with E-state index < -0.39 is 0 Å². The van der Waals surface area contributed by atoms with E-state index >= 15 is 0 Å². The summed E-state index contributed by atoms with van der Waals surface area (Å²) in [5.41, 5.74) is 1.03. The maximum Gasteiger partial charge on any atom is 0.410 e. The van der Waals surface area contributed by atoms with Gasteiger partial charge in [-0.05, 0) is 24.3 Å². The molecule has 0 bridgehead atoms. The van der Waals surface area contributed by atoms with Crippen LogP contribution >= 0.6 is 0 Å². The number of piperidine rings is 1. The lowest BCUT2D eigenvalue weighted by atomic mass is 10.0. The van der Waals surface area contributed by atoms with E-state index in [0.717, 1.165) is 25.1 Å². The standard InChI is InChI=1S/C14H19NO2.3C2H6/c1-12-6-5-9-15(10-12)14(16)17-11-13-7-3-2-4-8-13;3*1-2/h2-4,7-8,12H,5-6,9-11H2,1H3;3*1-2H3. The first kappa shape index (κ1) is 23.8. The lowest BCUT2D eigenvalue weighted by Gasteiger charge is -2.30. The molecule has 1 saturated heterocycles. The molecule has 1 aromatic carbocycles. The second-order valence-electron chi connectivity index (χ2n) is 4.73. The molecule has 0 N–H and O–H groups in total. The van der Waals surface area contributed by atoms with E-state index in [0.29, 0.717) is 12.5 Å². The molecule has 23 heavy (non-hydrogen) atoms. The summed E-state index contributed by atoms with van der Waals surface area (Å²) >= 11 is 0. The van der Waals surface area contributed by atoms with Crippen LogP contribution in [0.25, 0.3) is 0 Å². The summed E-state index contributed by atoms with van der Waals surface area (Å²) in [6.45, 7) is 16.2. The average molecular weight is 324 g/mol. The molecule has 3 heteroatoms. The Bertz CT molecular complexity index is 365. The fourth-order valence-corrected chi connectivity index (χ4v) is 2.17. The maximum atomic E-state index is 11.8. The number of ether oxygens (including phenoxy) is 1. The summed E-state index contributed by atoms with van der Waals surface area (Å²) in [7, 11) is 0. The smallest absolute Gasteiger partial charge is 0.410 e. The van der Waals surface area contributed by atoms with Gasteiger partial charge in [0.25, 0.3) is 0 Å². The summed E-state index contributed by atoms with van der Waals surface area (Å²) < 4.78 is 5.30. The van der Waals surface area contributed by atoms with Crippen LogP contribution < -0.4 is 0 Å². The van der Waals surface area contributed by atoms with Crippen LogP contribution in [0.15, 0.2) is 30.3 Å². The highest BCUT2D eigenvalue weighted by molar-refractivity contribution is 5.67. The lowest BCUT2D eigenvalue weighted by Crippen LogP contribution is -2.39. The van der Waals surface area contributed by atoms with Crippen LogP contribution in [0, 0.1) is 5.92 Å². The molecule has 1 unspecified atom stereocenters. The van der Waals surface area contributed by atoms with E-state index in [1.54, 1.807) is 0 Å². The number of rotatable bonds is 2. The Kier molecular flexibility index (Phi) is 17.4. The van der Waals surface area contributed by atoms with Gasteiger partial charge in [-0.15, -0.1) is 0 Å². The average Bonchev–Trinajstić information content (AvgIpc) is 2.65. The van der Waals surface area contributed by atoms with Gasteiger partial charge in [-0.2, -0.15) is 0 Å². The van der Waals surface area contributed by atoms with Crippen molar-refractivity contribution >= 4 is 6.09 Å². The number of benzene rings is 1. The Balaban J connectivity index is 0. The van der Waals surface area contributed by atoms with Crippen molar-refractivity contribution in [1.29, 1.82) is 0 Å². The van der Waals surface area contributed by atoms with Gasteiger partial charge in [0.15, 0.2) is 0 Å². The van der Waals surface area contributed by atoms with Crippen LogP contribution in [-0.4, -0.2) is 24.1 Å². The minimum Gasteiger partial charge on any atom is -0.445 e. The summed E-state index contributed by atoms with van der Waals surface area (Å²) in [5, 5.41) is 0. The molecule has 1 heterocycles. The van der Waals surface area contributed by atoms with Gasteiger partial charge in [-0.1, -0.05) is 78.8 Å². The Labute approximate surface area is 144 Å². The van der Waals surface area contributed by atoms with Crippen molar-refractivity contribution < 1.29 is 9.53 Å². The van der Waals surface area contributed by atoms with Gasteiger partial charge in [-0.3, -0.25) is 0 Å². The molecule has 0 saturated carbocycles. The van der Waals surface area contributed by atoms with Crippen molar-refractivity contribution in [2.24, 2.45) is 5.92 Å². The molecule has 0 aliphatic carbocycles. The van der Waals surface area contributed by atoms with Crippen molar-refractivity contribution in [3.8, 4) is 0 Å². The van der Waals surface area contributed by atoms with Gasteiger partial charge in [0.1, 0.15) is 6.61 Å². The molecule has 1 fully saturated rings. The lowest BCUT2D eigenvalue weighted by molar-refractivity contribution is 0.0810. The zero-order valence-electron chi connectivity index (χ0n) is 16.3. The summed E-state index contributed by atoms with van der Waals surface area (Å²) in [5.74, 6) is 0.591. The van der Waals surface area contributed by atoms with Crippen LogP contribution in [-0.2, 0) is 11.3 Å². The molecule has 1 aliphatic heterocycles. The van der Waals surface area contributed by atoms with Gasteiger partial charge in [0.05, 0.1) is 0 Å². The van der Waals surface area contributed by atoms with Crippen LogP contribution in [0.3, 0.4) is 0 Å². The molecule has 1 amide bonds. The molecule has 3 nitrogen and oxygen atoms in total. The minimum atomic E-state index is -0.180. The molecule has 1 atom stereocenters. The predicted molar refractivity (Wildman–Crippen MR) is 101 cm³/mol. The Morgan fingerprint density at radius 1 is 1.09 bits per heavy atom. The van der Waals surface area contributed by atoms with Crippen LogP contribution in [0.1, 0.15) is 66.9 Å². The SMILES string of the molecule is CC.CC.CC.CC1CCCN(C(=O)OCc2ccccc2)C1. The number of hydrogen-bond donors (Lipinski definition) is 0. The van der Waals surface area contributed by atoms with Gasteiger partial charge >= 0.3 is 6.09 Å². The van der Waals surface area contributed by atoms with E-state index in [1.165, 1.54) is 6.42 Å². The van der Waals surface area contributed by atoms with Crippen molar-refractivity contribution in [1.82, 2.24) is 4.90 Å². The first-order chi connectivity index (χ1) is 11.3. The third-order valence-corrected chi connectivity index (χ3v) is 3.12. The Hall–Kier alpha value is -1.51. The van der Waals surface area contributed by atoms with E-state index in [2.05, 4.69) is 6.92 Å². The predicted octanol–water partition coefficient (Wildman–Crippen LogP) is 6.13. The second-order valence-corrected chi connectivity index (χ2v) is 4.73. The topological polar surface area (TPSA) is 29.5 Å². The molecule has 1 aliphatic rings. The zero-order chi connectivity index (χ0) is 18.1. The first-order valence-electron chi connectivity index (χ1n) is 9.21. The normalized spacial score (nSPS) is 15.6. The first-order valence-corrected chi connectivity index (χ1v) is 9.21. The molecular weight excluding hydrogens is 286 g/mol. The van der Waals surface area contributed by atoms with E-state index in [1.807, 2.05) is 76.8 Å². The number of carbonyl (C=O) groups is 1. The summed E-state index contributed by atoms with van der Waals surface area (Å²) in [6.07, 6.45) is 2.12. The van der Waals surface area contributed by atoms with Crippen molar-refractivity contribution in [3.63, 3.8) is 0 Å². The number of carbonyl (C=O) groups excluding carboxylic acids is 1. The summed E-state index contributed by atoms with van der Waals surface area (Å²) in [6, 6.07) is 9.79. The third kappa shape index (κ3) is 10.8. The van der Waals surface area contributed by atoms with E-state index in [-0.39, 0.29) is 6.09 Å². The highest BCUT2D eigenvalue weighted by atomic mass is 16.6. The van der Waals surface area contributed by atoms with Crippen LogP contribution in [0.4, 0.5) is 4.79 Å². The molecule has 0 spiro atoms. The van der Waals surface area contributed by atoms with Crippen molar-refractivity contribution in [2.45, 2.75) is 67.9 Å². The van der Waals surface area contributed by atoms with Crippen molar-refractivity contribution in [3.05, 3.63) is 35.9 Å². The van der Waals surface area contributed by atoms with E-state index in [9.17, 15) is 4.79 Å². The highest BCUT2D eigenvalue weighted by Crippen LogP contribution is 2.16. The monoisotopic (exact) mass is 323 g/mol. The van der Waals surface area contributed by atoms with Gasteiger partial charge < -0.3 is 9.64 Å². The summed E-state index contributed by atoms with van der Waals surface area (Å²) in [4.78, 5) is 13.6. The Morgan fingerprint density at radius 3 is 2.17 bits per heavy atom. The number of hydrogen-bond acceptors (Lipinski definition) is 2. The van der Waals surface area contributed by atoms with Gasteiger partial charge in [-0.25, -0.2) is 4.79 Å². The molecule has 134 valence electrons. The van der Waals surface area contributed by atoms with E-state index in [4.69, 9.17) is 4.74 Å². The number of amides is 1. The largest absolute Gasteiger partial charge is 0.445 e. The van der Waals surface area contributed by atoms with Crippen molar-refractivity contribution in [2.75, 3.05) is 13.1 Å². The van der Waals surface area contributed by atoms with Gasteiger partial charge in [0.2, 0.25) is 0 Å². The molecule has 0 aromatic heterocycles. The fourth-order valence-electron chi connectivity index (χ4n) is 2.17. The van der Waals surface area contributed by atoms with Crippen LogP contribution in [0.5, 0.6) is 0 Å². The number of likely N-dealkylation sites (tertiary alicyclic amines) is 1. The van der Waals surface area contributed by atoms with Gasteiger partial charge in [0, 0.05) is 13.1 Å². The zero-order valence-corrected chi connectivity index (χ0v) is 16.3. The minimum absolute atomic E-state index is 0.180. The Morgan fingerprint density at radius 2 is 1.65 bits per heavy atom. The maximum absolute atomic E-state index is 11.8. The molecular formula is C20H37NO2. The highest BCUT2D eigenvalue weighted by Gasteiger charge is 2.21. The third-order valence-electron chi connectivity index (χ3n) is 3.12. The second kappa shape index (κ2) is 16.9. The number of nitrogens with zero attached hydrogens (tertiary/aromatic N) is 1. The molecule has 2 rings (SSSR count).